The molecule has 0 saturated carbocycles. The summed E-state index contributed by atoms with van der Waals surface area (Å²) < 4.78 is 11.2. The number of benzene rings is 1. The molecule has 134 valence electrons. The Labute approximate surface area is 150 Å². The summed E-state index contributed by atoms with van der Waals surface area (Å²) in [6, 6.07) is 10.6. The molecule has 1 atom stereocenters. The normalized spacial score (nSPS) is 11.7. The van der Waals surface area contributed by atoms with E-state index in [0.717, 1.165) is 24.5 Å². The molecule has 1 N–H and O–H groups in total. The zero-order valence-corrected chi connectivity index (χ0v) is 15.6. The van der Waals surface area contributed by atoms with E-state index in [2.05, 4.69) is 55.3 Å². The molecule has 1 heterocycles. The van der Waals surface area contributed by atoms with Gasteiger partial charge in [0.05, 0.1) is 7.11 Å². The number of nitrogens with one attached hydrogen (secondary N) is 1. The maximum atomic E-state index is 5.77. The lowest BCUT2D eigenvalue weighted by molar-refractivity contribution is 0.325. The zero-order chi connectivity index (χ0) is 18.1. The minimum absolute atomic E-state index is 0.377. The Morgan fingerprint density at radius 1 is 1.12 bits per heavy atom. The predicted molar refractivity (Wildman–Crippen MR) is 102 cm³/mol. The van der Waals surface area contributed by atoms with Crippen molar-refractivity contribution < 1.29 is 9.47 Å². The highest BCUT2D eigenvalue weighted by atomic mass is 16.5. The third-order valence-electron chi connectivity index (χ3n) is 3.90. The van der Waals surface area contributed by atoms with Crippen molar-refractivity contribution in [2.75, 3.05) is 13.7 Å². The van der Waals surface area contributed by atoms with Gasteiger partial charge in [0.15, 0.2) is 11.5 Å². The summed E-state index contributed by atoms with van der Waals surface area (Å²) in [5, 5.41) is 3.55. The molecule has 0 amide bonds. The van der Waals surface area contributed by atoms with Crippen molar-refractivity contribution in [1.29, 1.82) is 0 Å². The number of hydrogen-bond acceptors (Lipinski definition) is 4. The van der Waals surface area contributed by atoms with Crippen LogP contribution in [-0.4, -0.2) is 24.7 Å². The Kier molecular flexibility index (Phi) is 7.48. The summed E-state index contributed by atoms with van der Waals surface area (Å²) >= 11 is 0. The van der Waals surface area contributed by atoms with Crippen LogP contribution in [0.5, 0.6) is 11.5 Å². The first-order valence-electron chi connectivity index (χ1n) is 8.64. The van der Waals surface area contributed by atoms with Crippen molar-refractivity contribution in [3.8, 4) is 11.5 Å². The van der Waals surface area contributed by atoms with Crippen LogP contribution in [0.2, 0.25) is 0 Å². The SMILES string of the molecule is COc1cc(CNC(C)Cc2ccncc2)ccc1OCC=C(C)C. The molecule has 0 fully saturated rings. The van der Waals surface area contributed by atoms with Crippen molar-refractivity contribution in [2.45, 2.75) is 39.8 Å². The topological polar surface area (TPSA) is 43.4 Å². The smallest absolute Gasteiger partial charge is 0.161 e. The van der Waals surface area contributed by atoms with Gasteiger partial charge in [-0.1, -0.05) is 11.6 Å². The molecule has 0 spiro atoms. The van der Waals surface area contributed by atoms with Gasteiger partial charge >= 0.3 is 0 Å². The van der Waals surface area contributed by atoms with Crippen LogP contribution in [0, 0.1) is 0 Å². The molecule has 0 bridgehead atoms. The molecule has 0 aliphatic carbocycles. The predicted octanol–water partition coefficient (Wildman–Crippen LogP) is 4.16. The molecule has 2 aromatic rings. The first kappa shape index (κ1) is 19.0. The third-order valence-corrected chi connectivity index (χ3v) is 3.90. The molecule has 2 rings (SSSR count). The van der Waals surface area contributed by atoms with Crippen LogP contribution in [0.25, 0.3) is 0 Å². The number of hydrogen-bond donors (Lipinski definition) is 1. The highest BCUT2D eigenvalue weighted by Gasteiger charge is 2.07. The van der Waals surface area contributed by atoms with Gasteiger partial charge < -0.3 is 14.8 Å². The second kappa shape index (κ2) is 9.84. The fourth-order valence-electron chi connectivity index (χ4n) is 2.48. The second-order valence-corrected chi connectivity index (χ2v) is 6.42. The fraction of sp³-hybridized carbons (Fsp3) is 0.381. The van der Waals surface area contributed by atoms with Crippen LogP contribution >= 0.6 is 0 Å². The second-order valence-electron chi connectivity index (χ2n) is 6.42. The standard InChI is InChI=1S/C21H28N2O2/c1-16(2)9-12-25-20-6-5-19(14-21(20)24-4)15-23-17(3)13-18-7-10-22-11-8-18/h5-11,14,17,23H,12-13,15H2,1-4H3. The molecule has 0 saturated heterocycles. The summed E-state index contributed by atoms with van der Waals surface area (Å²) in [6.07, 6.45) is 6.70. The zero-order valence-electron chi connectivity index (χ0n) is 15.6. The van der Waals surface area contributed by atoms with Crippen molar-refractivity contribution in [3.05, 3.63) is 65.5 Å². The van der Waals surface area contributed by atoms with Crippen LogP contribution in [0.1, 0.15) is 31.9 Å². The van der Waals surface area contributed by atoms with Crippen molar-refractivity contribution in [2.24, 2.45) is 0 Å². The van der Waals surface area contributed by atoms with E-state index in [0.29, 0.717) is 12.6 Å². The molecule has 1 aromatic heterocycles. The minimum atomic E-state index is 0.377. The quantitative estimate of drug-likeness (QED) is 0.696. The van der Waals surface area contributed by atoms with Crippen molar-refractivity contribution in [3.63, 3.8) is 0 Å². The summed E-state index contributed by atoms with van der Waals surface area (Å²) in [7, 11) is 1.67. The molecule has 25 heavy (non-hydrogen) atoms. The molecule has 0 aliphatic heterocycles. The van der Waals surface area contributed by atoms with Gasteiger partial charge in [-0.05, 0) is 68.7 Å². The number of pyridine rings is 1. The van der Waals surface area contributed by atoms with Gasteiger partial charge in [-0.3, -0.25) is 4.98 Å². The molecule has 1 aromatic carbocycles. The van der Waals surface area contributed by atoms with Crippen LogP contribution in [0.15, 0.2) is 54.4 Å². The van der Waals surface area contributed by atoms with Crippen LogP contribution in [0.4, 0.5) is 0 Å². The van der Waals surface area contributed by atoms with E-state index in [9.17, 15) is 0 Å². The Balaban J connectivity index is 1.90. The molecule has 4 nitrogen and oxygen atoms in total. The monoisotopic (exact) mass is 340 g/mol. The molecule has 0 radical (unpaired) electrons. The number of methoxy groups -OCH3 is 1. The van der Waals surface area contributed by atoms with E-state index in [4.69, 9.17) is 9.47 Å². The Bertz CT molecular complexity index is 680. The van der Waals surface area contributed by atoms with E-state index < -0.39 is 0 Å². The average molecular weight is 340 g/mol. The maximum absolute atomic E-state index is 5.77. The number of aromatic nitrogens is 1. The van der Waals surface area contributed by atoms with Gasteiger partial charge in [0.25, 0.3) is 0 Å². The minimum Gasteiger partial charge on any atom is -0.493 e. The summed E-state index contributed by atoms with van der Waals surface area (Å²) in [4.78, 5) is 4.05. The first-order valence-corrected chi connectivity index (χ1v) is 8.64. The van der Waals surface area contributed by atoms with E-state index in [1.54, 1.807) is 7.11 Å². The molecule has 4 heteroatoms. The number of rotatable bonds is 9. The highest BCUT2D eigenvalue weighted by Crippen LogP contribution is 2.28. The number of ether oxygens (including phenoxy) is 2. The summed E-state index contributed by atoms with van der Waals surface area (Å²) in [5.41, 5.74) is 3.70. The van der Waals surface area contributed by atoms with Crippen LogP contribution in [-0.2, 0) is 13.0 Å². The fourth-order valence-corrected chi connectivity index (χ4v) is 2.48. The van der Waals surface area contributed by atoms with E-state index in [-0.39, 0.29) is 0 Å². The maximum Gasteiger partial charge on any atom is 0.161 e. The summed E-state index contributed by atoms with van der Waals surface area (Å²) in [5.74, 6) is 1.54. The van der Waals surface area contributed by atoms with E-state index in [1.807, 2.05) is 24.5 Å². The first-order chi connectivity index (χ1) is 12.1. The van der Waals surface area contributed by atoms with Gasteiger partial charge in [0.2, 0.25) is 0 Å². The lowest BCUT2D eigenvalue weighted by atomic mass is 10.1. The Hall–Kier alpha value is -2.33. The van der Waals surface area contributed by atoms with E-state index in [1.165, 1.54) is 16.7 Å². The Morgan fingerprint density at radius 2 is 1.88 bits per heavy atom. The van der Waals surface area contributed by atoms with Gasteiger partial charge in [-0.2, -0.15) is 0 Å². The van der Waals surface area contributed by atoms with Gasteiger partial charge in [-0.15, -0.1) is 0 Å². The largest absolute Gasteiger partial charge is 0.493 e. The number of nitrogens with zero attached hydrogens (tertiary/aromatic N) is 1. The van der Waals surface area contributed by atoms with Gasteiger partial charge in [-0.25, -0.2) is 0 Å². The molecule has 1 unspecified atom stereocenters. The van der Waals surface area contributed by atoms with Gasteiger partial charge in [0.1, 0.15) is 6.61 Å². The number of allylic oxidation sites excluding steroid dienone is 1. The highest BCUT2D eigenvalue weighted by molar-refractivity contribution is 5.43. The van der Waals surface area contributed by atoms with Crippen molar-refractivity contribution in [1.82, 2.24) is 10.3 Å². The van der Waals surface area contributed by atoms with Crippen molar-refractivity contribution >= 4 is 0 Å². The third kappa shape index (κ3) is 6.59. The molecular formula is C21H28N2O2. The molecule has 0 aliphatic rings. The lowest BCUT2D eigenvalue weighted by Crippen LogP contribution is -2.27. The molecular weight excluding hydrogens is 312 g/mol. The van der Waals surface area contributed by atoms with Crippen LogP contribution in [0.3, 0.4) is 0 Å². The Morgan fingerprint density at radius 3 is 2.56 bits per heavy atom. The van der Waals surface area contributed by atoms with Gasteiger partial charge in [0, 0.05) is 25.0 Å². The summed E-state index contributed by atoms with van der Waals surface area (Å²) in [6.45, 7) is 7.65. The van der Waals surface area contributed by atoms with E-state index >= 15 is 0 Å². The average Bonchev–Trinajstić information content (AvgIpc) is 2.61. The van der Waals surface area contributed by atoms with Crippen LogP contribution < -0.4 is 14.8 Å². The lowest BCUT2D eigenvalue weighted by Gasteiger charge is -2.15.